The van der Waals surface area contributed by atoms with Gasteiger partial charge >= 0.3 is 0 Å². The summed E-state index contributed by atoms with van der Waals surface area (Å²) in [6.45, 7) is 6.52. The van der Waals surface area contributed by atoms with Crippen LogP contribution in [0.2, 0.25) is 0 Å². The van der Waals surface area contributed by atoms with Gasteiger partial charge in [-0.25, -0.2) is 4.98 Å². The summed E-state index contributed by atoms with van der Waals surface area (Å²) in [7, 11) is 0. The Morgan fingerprint density at radius 2 is 1.95 bits per heavy atom. The molecule has 1 aromatic carbocycles. The maximum Gasteiger partial charge on any atom is 0.124 e. The van der Waals surface area contributed by atoms with Crippen LogP contribution in [0.4, 0.5) is 0 Å². The Morgan fingerprint density at radius 3 is 2.65 bits per heavy atom. The molecule has 3 nitrogen and oxygen atoms in total. The van der Waals surface area contributed by atoms with Gasteiger partial charge in [-0.15, -0.1) is 11.3 Å². The normalized spacial score (nSPS) is 14.6. The number of aromatic nitrogens is 2. The van der Waals surface area contributed by atoms with Crippen molar-refractivity contribution >= 4 is 22.4 Å². The molecule has 0 aliphatic rings. The zero-order valence-electron chi connectivity index (χ0n) is 12.0. The van der Waals surface area contributed by atoms with Crippen molar-refractivity contribution in [3.8, 4) is 0 Å². The van der Waals surface area contributed by atoms with Gasteiger partial charge in [0.1, 0.15) is 5.82 Å². The fraction of sp³-hybridized carbons (Fsp3) is 0.312. The number of nitrogens with one attached hydrogen (secondary N) is 2. The van der Waals surface area contributed by atoms with Gasteiger partial charge in [-0.1, -0.05) is 12.1 Å². The lowest BCUT2D eigenvalue weighted by atomic mass is 10.1. The largest absolute Gasteiger partial charge is 0.341 e. The van der Waals surface area contributed by atoms with E-state index in [0.29, 0.717) is 6.04 Å². The summed E-state index contributed by atoms with van der Waals surface area (Å²) in [5.41, 5.74) is 3.47. The van der Waals surface area contributed by atoms with Gasteiger partial charge in [0, 0.05) is 10.9 Å². The Bertz CT molecular complexity index is 680. The highest BCUT2D eigenvalue weighted by Crippen LogP contribution is 2.26. The van der Waals surface area contributed by atoms with Crippen LogP contribution in [0.25, 0.3) is 11.0 Å². The monoisotopic (exact) mass is 285 g/mol. The molecule has 0 spiro atoms. The Morgan fingerprint density at radius 1 is 1.15 bits per heavy atom. The van der Waals surface area contributed by atoms with E-state index in [-0.39, 0.29) is 6.04 Å². The number of aromatic amines is 1. The van der Waals surface area contributed by atoms with Crippen LogP contribution in [0.15, 0.2) is 35.7 Å². The standard InChI is InChI=1S/C16H19N3S/c1-10-8-9-20-15(10)11(2)17-12(3)16-18-13-6-4-5-7-14(13)19-16/h4-9,11-12,17H,1-3H3,(H,18,19). The van der Waals surface area contributed by atoms with Crippen molar-refractivity contribution in [1.29, 1.82) is 0 Å². The third-order valence-corrected chi connectivity index (χ3v) is 4.81. The topological polar surface area (TPSA) is 40.7 Å². The van der Waals surface area contributed by atoms with Crippen molar-refractivity contribution in [1.82, 2.24) is 15.3 Å². The molecule has 0 aliphatic heterocycles. The van der Waals surface area contributed by atoms with Crippen molar-refractivity contribution in [2.75, 3.05) is 0 Å². The molecule has 0 radical (unpaired) electrons. The van der Waals surface area contributed by atoms with Crippen LogP contribution >= 0.6 is 11.3 Å². The number of rotatable bonds is 4. The second kappa shape index (κ2) is 5.38. The first-order valence-electron chi connectivity index (χ1n) is 6.90. The molecule has 2 heterocycles. The number of aryl methyl sites for hydroxylation is 1. The highest BCUT2D eigenvalue weighted by Gasteiger charge is 2.16. The number of imidazole rings is 1. The van der Waals surface area contributed by atoms with Gasteiger partial charge in [0.2, 0.25) is 0 Å². The van der Waals surface area contributed by atoms with E-state index < -0.39 is 0 Å². The molecular weight excluding hydrogens is 266 g/mol. The fourth-order valence-corrected chi connectivity index (χ4v) is 3.48. The van der Waals surface area contributed by atoms with E-state index >= 15 is 0 Å². The van der Waals surface area contributed by atoms with Crippen molar-refractivity contribution in [3.05, 3.63) is 52.0 Å². The lowest BCUT2D eigenvalue weighted by Crippen LogP contribution is -2.23. The second-order valence-electron chi connectivity index (χ2n) is 5.22. The summed E-state index contributed by atoms with van der Waals surface area (Å²) in [6, 6.07) is 10.8. The molecule has 0 aliphatic carbocycles. The molecule has 3 rings (SSSR count). The summed E-state index contributed by atoms with van der Waals surface area (Å²) in [5.74, 6) is 0.993. The number of para-hydroxylation sites is 2. The SMILES string of the molecule is Cc1ccsc1C(C)NC(C)c1nc2ccccc2[nH]1. The van der Waals surface area contributed by atoms with Crippen LogP contribution in [0.5, 0.6) is 0 Å². The third-order valence-electron chi connectivity index (χ3n) is 3.61. The van der Waals surface area contributed by atoms with Gasteiger partial charge < -0.3 is 10.3 Å². The van der Waals surface area contributed by atoms with E-state index in [4.69, 9.17) is 0 Å². The minimum Gasteiger partial charge on any atom is -0.341 e. The molecule has 2 unspecified atom stereocenters. The summed E-state index contributed by atoms with van der Waals surface area (Å²) >= 11 is 1.81. The van der Waals surface area contributed by atoms with E-state index in [0.717, 1.165) is 16.9 Å². The molecule has 0 fully saturated rings. The number of hydrogen-bond donors (Lipinski definition) is 2. The molecule has 4 heteroatoms. The summed E-state index contributed by atoms with van der Waals surface area (Å²) in [4.78, 5) is 9.44. The van der Waals surface area contributed by atoms with Crippen molar-refractivity contribution in [3.63, 3.8) is 0 Å². The smallest absolute Gasteiger partial charge is 0.124 e. The number of H-pyrrole nitrogens is 1. The Labute approximate surface area is 123 Å². The van der Waals surface area contributed by atoms with Gasteiger partial charge in [0.05, 0.1) is 17.1 Å². The van der Waals surface area contributed by atoms with Crippen LogP contribution in [0, 0.1) is 6.92 Å². The van der Waals surface area contributed by atoms with Crippen LogP contribution < -0.4 is 5.32 Å². The molecule has 2 aromatic heterocycles. The first-order chi connectivity index (χ1) is 9.65. The molecule has 0 amide bonds. The fourth-order valence-electron chi connectivity index (χ4n) is 2.54. The lowest BCUT2D eigenvalue weighted by molar-refractivity contribution is 0.484. The predicted octanol–water partition coefficient (Wildman–Crippen LogP) is 4.34. The molecule has 3 aromatic rings. The lowest BCUT2D eigenvalue weighted by Gasteiger charge is -2.18. The van der Waals surface area contributed by atoms with Crippen LogP contribution in [-0.4, -0.2) is 9.97 Å². The highest BCUT2D eigenvalue weighted by molar-refractivity contribution is 7.10. The average Bonchev–Trinajstić information content (AvgIpc) is 3.04. The molecule has 0 saturated heterocycles. The van der Waals surface area contributed by atoms with E-state index in [1.54, 1.807) is 11.3 Å². The zero-order chi connectivity index (χ0) is 14.1. The molecule has 2 N–H and O–H groups in total. The van der Waals surface area contributed by atoms with Crippen molar-refractivity contribution in [2.24, 2.45) is 0 Å². The minimum absolute atomic E-state index is 0.193. The maximum atomic E-state index is 4.65. The molecule has 0 bridgehead atoms. The van der Waals surface area contributed by atoms with Gasteiger partial charge in [-0.05, 0) is 49.9 Å². The van der Waals surface area contributed by atoms with Crippen molar-refractivity contribution < 1.29 is 0 Å². The summed E-state index contributed by atoms with van der Waals surface area (Å²) in [6.07, 6.45) is 0. The third kappa shape index (κ3) is 2.49. The van der Waals surface area contributed by atoms with Gasteiger partial charge in [0.25, 0.3) is 0 Å². The van der Waals surface area contributed by atoms with Crippen molar-refractivity contribution in [2.45, 2.75) is 32.9 Å². The molecule has 2 atom stereocenters. The van der Waals surface area contributed by atoms with E-state index in [1.807, 2.05) is 18.2 Å². The van der Waals surface area contributed by atoms with Gasteiger partial charge in [0.15, 0.2) is 0 Å². The van der Waals surface area contributed by atoms with E-state index in [9.17, 15) is 0 Å². The quantitative estimate of drug-likeness (QED) is 0.748. The Balaban J connectivity index is 1.79. The maximum absolute atomic E-state index is 4.65. The molecule has 104 valence electrons. The van der Waals surface area contributed by atoms with E-state index in [1.165, 1.54) is 10.4 Å². The number of hydrogen-bond acceptors (Lipinski definition) is 3. The summed E-state index contributed by atoms with van der Waals surface area (Å²) < 4.78 is 0. The average molecular weight is 285 g/mol. The second-order valence-corrected chi connectivity index (χ2v) is 6.16. The minimum atomic E-state index is 0.193. The van der Waals surface area contributed by atoms with Crippen LogP contribution in [0.3, 0.4) is 0 Å². The number of nitrogens with zero attached hydrogens (tertiary/aromatic N) is 1. The molecular formula is C16H19N3S. The first-order valence-corrected chi connectivity index (χ1v) is 7.78. The highest BCUT2D eigenvalue weighted by atomic mass is 32.1. The molecule has 20 heavy (non-hydrogen) atoms. The number of benzene rings is 1. The van der Waals surface area contributed by atoms with Crippen LogP contribution in [-0.2, 0) is 0 Å². The van der Waals surface area contributed by atoms with Gasteiger partial charge in [-0.3, -0.25) is 0 Å². The summed E-state index contributed by atoms with van der Waals surface area (Å²) in [5, 5.41) is 5.76. The van der Waals surface area contributed by atoms with Crippen LogP contribution in [0.1, 0.15) is 42.2 Å². The van der Waals surface area contributed by atoms with E-state index in [2.05, 4.69) is 53.6 Å². The number of fused-ring (bicyclic) bond motifs is 1. The first kappa shape index (κ1) is 13.3. The Hall–Kier alpha value is -1.65. The number of thiophene rings is 1. The zero-order valence-corrected chi connectivity index (χ0v) is 12.8. The Kier molecular flexibility index (Phi) is 3.59. The van der Waals surface area contributed by atoms with Gasteiger partial charge in [-0.2, -0.15) is 0 Å². The predicted molar refractivity (Wildman–Crippen MR) is 85.1 cm³/mol. The molecule has 0 saturated carbocycles.